The van der Waals surface area contributed by atoms with Crippen LogP contribution in [0.2, 0.25) is 0 Å². The number of imidazole rings is 4. The van der Waals surface area contributed by atoms with Crippen LogP contribution in [0.25, 0.3) is 83.2 Å². The van der Waals surface area contributed by atoms with Crippen LogP contribution in [0.3, 0.4) is 0 Å². The number of furan rings is 1. The van der Waals surface area contributed by atoms with Crippen LogP contribution in [0, 0.1) is 0 Å². The molecule has 0 saturated heterocycles. The largest absolute Gasteiger partial charge is 0.456 e. The summed E-state index contributed by atoms with van der Waals surface area (Å²) in [7, 11) is 0. The van der Waals surface area contributed by atoms with E-state index in [1.807, 2.05) is 12.1 Å². The summed E-state index contributed by atoms with van der Waals surface area (Å²) in [5, 5.41) is 2.20. The van der Waals surface area contributed by atoms with Crippen LogP contribution in [0.15, 0.2) is 95.4 Å². The number of hydrogen-bond acceptors (Lipinski definition) is 3. The Morgan fingerprint density at radius 1 is 0.561 bits per heavy atom. The molecule has 0 bridgehead atoms. The van der Waals surface area contributed by atoms with Crippen LogP contribution in [-0.2, 0) is 5.41 Å². The first-order valence-electron chi connectivity index (χ1n) is 14.0. The Hall–Kier alpha value is -5.36. The summed E-state index contributed by atoms with van der Waals surface area (Å²) < 4.78 is 13.0. The fourth-order valence-electron chi connectivity index (χ4n) is 7.72. The number of nitrogens with zero attached hydrogens (tertiary/aromatic N) is 5. The summed E-state index contributed by atoms with van der Waals surface area (Å²) in [6.45, 7) is 4.63. The van der Waals surface area contributed by atoms with Gasteiger partial charge in [-0.15, -0.1) is 0 Å². The molecular formula is C35H21N5O. The lowest BCUT2D eigenvalue weighted by molar-refractivity contribution is 0.661. The second-order valence-electron chi connectivity index (χ2n) is 12.0. The van der Waals surface area contributed by atoms with E-state index in [1.54, 1.807) is 0 Å². The highest BCUT2D eigenvalue weighted by molar-refractivity contribution is 6.11. The van der Waals surface area contributed by atoms with Crippen LogP contribution in [0.5, 0.6) is 0 Å². The van der Waals surface area contributed by atoms with Gasteiger partial charge in [-0.25, -0.2) is 14.4 Å². The third-order valence-electron chi connectivity index (χ3n) is 9.57. The summed E-state index contributed by atoms with van der Waals surface area (Å²) in [6, 6.07) is 32.4. The molecule has 11 rings (SSSR count). The topological polar surface area (TPSA) is 52.2 Å². The minimum Gasteiger partial charge on any atom is -0.456 e. The predicted molar refractivity (Wildman–Crippen MR) is 163 cm³/mol. The Balaban J connectivity index is 1.29. The van der Waals surface area contributed by atoms with Gasteiger partial charge in [-0.1, -0.05) is 62.4 Å². The molecule has 1 aliphatic rings. The van der Waals surface area contributed by atoms with E-state index in [0.29, 0.717) is 0 Å². The first kappa shape index (κ1) is 20.5. The average molecular weight is 528 g/mol. The van der Waals surface area contributed by atoms with Crippen molar-refractivity contribution in [2.75, 3.05) is 0 Å². The lowest BCUT2D eigenvalue weighted by Gasteiger charge is -2.21. The Morgan fingerprint density at radius 3 is 2.10 bits per heavy atom. The van der Waals surface area contributed by atoms with Gasteiger partial charge in [0.2, 0.25) is 11.6 Å². The summed E-state index contributed by atoms with van der Waals surface area (Å²) in [5.74, 6) is 1.76. The van der Waals surface area contributed by atoms with Crippen molar-refractivity contribution in [1.82, 2.24) is 23.2 Å². The first-order valence-corrected chi connectivity index (χ1v) is 14.0. The van der Waals surface area contributed by atoms with Gasteiger partial charge in [0.1, 0.15) is 16.7 Å². The molecule has 0 saturated carbocycles. The lowest BCUT2D eigenvalue weighted by Crippen LogP contribution is -2.14. The summed E-state index contributed by atoms with van der Waals surface area (Å²) in [5.41, 5.74) is 14.5. The molecule has 192 valence electrons. The Labute approximate surface area is 232 Å². The van der Waals surface area contributed by atoms with Crippen LogP contribution in [0.1, 0.15) is 25.0 Å². The number of para-hydroxylation sites is 2. The highest BCUT2D eigenvalue weighted by atomic mass is 16.3. The molecule has 0 fully saturated rings. The zero-order valence-electron chi connectivity index (χ0n) is 22.3. The van der Waals surface area contributed by atoms with Crippen LogP contribution in [-0.4, -0.2) is 23.2 Å². The molecule has 1 aliphatic carbocycles. The monoisotopic (exact) mass is 527 g/mol. The summed E-state index contributed by atoms with van der Waals surface area (Å²) >= 11 is 0. The zero-order valence-corrected chi connectivity index (χ0v) is 22.3. The number of fused-ring (bicyclic) bond motifs is 16. The third-order valence-corrected chi connectivity index (χ3v) is 9.57. The maximum Gasteiger partial charge on any atom is 0.223 e. The maximum absolute atomic E-state index is 6.25. The normalized spacial score (nSPS) is 14.8. The lowest BCUT2D eigenvalue weighted by atomic mass is 9.82. The number of benzene rings is 5. The van der Waals surface area contributed by atoms with Gasteiger partial charge in [0.05, 0.1) is 33.1 Å². The Bertz CT molecular complexity index is 2780. The highest BCUT2D eigenvalue weighted by Crippen LogP contribution is 2.50. The minimum absolute atomic E-state index is 0.0675. The van der Waals surface area contributed by atoms with Gasteiger partial charge in [-0.05, 0) is 58.7 Å². The van der Waals surface area contributed by atoms with E-state index < -0.39 is 0 Å². The predicted octanol–water partition coefficient (Wildman–Crippen LogP) is 8.34. The summed E-state index contributed by atoms with van der Waals surface area (Å²) in [6.07, 6.45) is 0. The number of aromatic nitrogens is 5. The first-order chi connectivity index (χ1) is 20.1. The van der Waals surface area contributed by atoms with E-state index in [1.165, 1.54) is 22.3 Å². The molecule has 0 spiro atoms. The van der Waals surface area contributed by atoms with E-state index in [-0.39, 0.29) is 5.41 Å². The van der Waals surface area contributed by atoms with Gasteiger partial charge in [0.15, 0.2) is 0 Å². The van der Waals surface area contributed by atoms with Gasteiger partial charge in [-0.3, -0.25) is 8.80 Å². The molecule has 41 heavy (non-hydrogen) atoms. The van der Waals surface area contributed by atoms with Crippen molar-refractivity contribution in [3.63, 3.8) is 0 Å². The van der Waals surface area contributed by atoms with Gasteiger partial charge in [0, 0.05) is 22.3 Å². The molecule has 5 aromatic heterocycles. The van der Waals surface area contributed by atoms with Crippen molar-refractivity contribution in [3.05, 3.63) is 102 Å². The van der Waals surface area contributed by atoms with Crippen LogP contribution in [0.4, 0.5) is 0 Å². The highest BCUT2D eigenvalue weighted by Gasteiger charge is 2.36. The molecule has 0 aliphatic heterocycles. The molecule has 6 heteroatoms. The fourth-order valence-corrected chi connectivity index (χ4v) is 7.72. The molecule has 10 aromatic rings. The number of hydrogen-bond donors (Lipinski definition) is 0. The van der Waals surface area contributed by atoms with Crippen molar-refractivity contribution >= 4 is 72.1 Å². The van der Waals surface area contributed by atoms with E-state index >= 15 is 0 Å². The zero-order chi connectivity index (χ0) is 26.8. The Morgan fingerprint density at radius 2 is 1.27 bits per heavy atom. The Kier molecular flexibility index (Phi) is 3.17. The molecule has 6 nitrogen and oxygen atoms in total. The van der Waals surface area contributed by atoms with Crippen LogP contribution < -0.4 is 0 Å². The molecule has 0 radical (unpaired) electrons. The molecule has 5 aromatic carbocycles. The molecule has 0 N–H and O–H groups in total. The van der Waals surface area contributed by atoms with Gasteiger partial charge in [0.25, 0.3) is 0 Å². The second kappa shape index (κ2) is 6.34. The van der Waals surface area contributed by atoms with Gasteiger partial charge < -0.3 is 4.42 Å². The number of rotatable bonds is 0. The minimum atomic E-state index is -0.0675. The van der Waals surface area contributed by atoms with E-state index in [0.717, 1.165) is 72.1 Å². The quantitative estimate of drug-likeness (QED) is 0.199. The smallest absolute Gasteiger partial charge is 0.223 e. The summed E-state index contributed by atoms with van der Waals surface area (Å²) in [4.78, 5) is 10.5. The molecular weight excluding hydrogens is 506 g/mol. The standard InChI is InChI=1S/C35H21N5O/c1-35(2)22-10-5-3-8-18(22)20-15-28-25(16-23(20)35)37-34-38(28)26-11-7-12-27-32(26)40(34)33-36-24-14-21-19-9-4-6-13-30(19)41-31(21)17-29(24)39(27)33/h3-17H,1-2H3. The van der Waals surface area contributed by atoms with Crippen molar-refractivity contribution in [2.45, 2.75) is 19.3 Å². The molecule has 0 atom stereocenters. The molecule has 5 heterocycles. The van der Waals surface area contributed by atoms with Crippen molar-refractivity contribution in [3.8, 4) is 11.1 Å². The fraction of sp³-hybridized carbons (Fsp3) is 0.0857. The molecule has 0 amide bonds. The van der Waals surface area contributed by atoms with Crippen molar-refractivity contribution < 1.29 is 4.42 Å². The SMILES string of the molecule is CC1(C)c2ccccc2-c2cc3c(cc21)nc1n3c2cccc3c2n1c1nc2cc4c(cc2n31)oc1ccccc14. The van der Waals surface area contributed by atoms with Crippen molar-refractivity contribution in [1.29, 1.82) is 0 Å². The van der Waals surface area contributed by atoms with Crippen LogP contribution >= 0.6 is 0 Å². The second-order valence-corrected chi connectivity index (χ2v) is 12.0. The molecule has 0 unspecified atom stereocenters. The van der Waals surface area contributed by atoms with Gasteiger partial charge in [-0.2, -0.15) is 0 Å². The van der Waals surface area contributed by atoms with E-state index in [4.69, 9.17) is 14.4 Å². The van der Waals surface area contributed by atoms with E-state index in [2.05, 4.69) is 106 Å². The maximum atomic E-state index is 6.25. The average Bonchev–Trinajstić information content (AvgIpc) is 3.79. The van der Waals surface area contributed by atoms with Gasteiger partial charge >= 0.3 is 0 Å². The van der Waals surface area contributed by atoms with Crippen molar-refractivity contribution in [2.24, 2.45) is 0 Å². The third kappa shape index (κ3) is 2.16. The van der Waals surface area contributed by atoms with E-state index in [9.17, 15) is 0 Å².